The van der Waals surface area contributed by atoms with Gasteiger partial charge in [0.2, 0.25) is 15.9 Å². The number of nitrogens with zero attached hydrogens (tertiary/aromatic N) is 4. The van der Waals surface area contributed by atoms with Crippen molar-refractivity contribution in [1.29, 1.82) is 0 Å². The van der Waals surface area contributed by atoms with Crippen LogP contribution in [0.25, 0.3) is 10.8 Å². The molecular formula is C27H28N4O5S. The van der Waals surface area contributed by atoms with Crippen molar-refractivity contribution in [2.75, 3.05) is 33.7 Å². The highest BCUT2D eigenvalue weighted by atomic mass is 32.2. The van der Waals surface area contributed by atoms with Gasteiger partial charge < -0.3 is 10.0 Å². The Hall–Kier alpha value is -4.02. The first kappa shape index (κ1) is 26.1. The minimum Gasteiger partial charge on any atom is -0.465 e. The van der Waals surface area contributed by atoms with Gasteiger partial charge in [-0.15, -0.1) is 0 Å². The SMILES string of the molecule is CN(Cc1ccc(C2=NCCN2C(=O)O)cc1)C(=O)/C=C/CN(C)S(=O)(=O)c1cccc2ccccc12. The van der Waals surface area contributed by atoms with E-state index in [1.54, 1.807) is 43.4 Å². The Balaban J connectivity index is 1.35. The monoisotopic (exact) mass is 520 g/mol. The summed E-state index contributed by atoms with van der Waals surface area (Å²) in [5.74, 6) is 0.159. The van der Waals surface area contributed by atoms with Gasteiger partial charge in [0.25, 0.3) is 0 Å². The van der Waals surface area contributed by atoms with E-state index < -0.39 is 16.1 Å². The Morgan fingerprint density at radius 1 is 1.03 bits per heavy atom. The van der Waals surface area contributed by atoms with Crippen LogP contribution in [-0.2, 0) is 21.4 Å². The van der Waals surface area contributed by atoms with Crippen LogP contribution in [0, 0.1) is 0 Å². The van der Waals surface area contributed by atoms with Crippen LogP contribution in [-0.4, -0.2) is 79.2 Å². The molecule has 37 heavy (non-hydrogen) atoms. The summed E-state index contributed by atoms with van der Waals surface area (Å²) in [6.45, 7) is 1.16. The molecule has 0 unspecified atom stereocenters. The van der Waals surface area contributed by atoms with Gasteiger partial charge in [0, 0.05) is 44.2 Å². The third-order valence-electron chi connectivity index (χ3n) is 6.14. The van der Waals surface area contributed by atoms with Crippen LogP contribution in [0.1, 0.15) is 11.1 Å². The second-order valence-corrected chi connectivity index (χ2v) is 10.7. The summed E-state index contributed by atoms with van der Waals surface area (Å²) in [6.07, 6.45) is 1.86. The first-order valence-corrected chi connectivity index (χ1v) is 13.1. The summed E-state index contributed by atoms with van der Waals surface area (Å²) in [5, 5.41) is 10.8. The topological polar surface area (TPSA) is 111 Å². The van der Waals surface area contributed by atoms with E-state index in [0.29, 0.717) is 36.4 Å². The molecule has 9 nitrogen and oxygen atoms in total. The van der Waals surface area contributed by atoms with E-state index in [9.17, 15) is 23.1 Å². The van der Waals surface area contributed by atoms with Crippen molar-refractivity contribution in [1.82, 2.24) is 14.1 Å². The second-order valence-electron chi connectivity index (χ2n) is 8.70. The summed E-state index contributed by atoms with van der Waals surface area (Å²) in [4.78, 5) is 31.2. The molecule has 1 aliphatic heterocycles. The molecular weight excluding hydrogens is 492 g/mol. The number of carbonyl (C=O) groups is 2. The average molecular weight is 521 g/mol. The van der Waals surface area contributed by atoms with Gasteiger partial charge in [-0.3, -0.25) is 14.7 Å². The van der Waals surface area contributed by atoms with E-state index >= 15 is 0 Å². The number of likely N-dealkylation sites (N-methyl/N-ethyl adjacent to an activating group) is 2. The molecule has 2 amide bonds. The summed E-state index contributed by atoms with van der Waals surface area (Å²) in [6, 6.07) is 19.7. The van der Waals surface area contributed by atoms with Gasteiger partial charge in [-0.25, -0.2) is 13.2 Å². The van der Waals surface area contributed by atoms with Crippen LogP contribution in [0.3, 0.4) is 0 Å². The Bertz CT molecular complexity index is 1480. The number of rotatable bonds is 8. The second kappa shape index (κ2) is 10.9. The molecule has 10 heteroatoms. The maximum absolute atomic E-state index is 13.1. The molecule has 0 radical (unpaired) electrons. The van der Waals surface area contributed by atoms with Crippen molar-refractivity contribution in [3.63, 3.8) is 0 Å². The molecule has 1 aliphatic rings. The van der Waals surface area contributed by atoms with E-state index in [2.05, 4.69) is 4.99 Å². The van der Waals surface area contributed by atoms with E-state index in [0.717, 1.165) is 10.9 Å². The number of aliphatic imine (C=N–C) groups is 1. The molecule has 0 saturated heterocycles. The summed E-state index contributed by atoms with van der Waals surface area (Å²) in [5.41, 5.74) is 1.57. The van der Waals surface area contributed by atoms with E-state index in [1.807, 2.05) is 30.3 Å². The number of amidine groups is 1. The summed E-state index contributed by atoms with van der Waals surface area (Å²) >= 11 is 0. The largest absolute Gasteiger partial charge is 0.465 e. The van der Waals surface area contributed by atoms with E-state index in [-0.39, 0.29) is 17.3 Å². The minimum atomic E-state index is -3.75. The number of benzene rings is 3. The number of carbonyl (C=O) groups excluding carboxylic acids is 1. The molecule has 4 rings (SSSR count). The summed E-state index contributed by atoms with van der Waals surface area (Å²) < 4.78 is 27.5. The normalized spacial score (nSPS) is 13.9. The molecule has 0 atom stereocenters. The summed E-state index contributed by atoms with van der Waals surface area (Å²) in [7, 11) is -0.605. The molecule has 0 aliphatic carbocycles. The van der Waals surface area contributed by atoms with E-state index in [4.69, 9.17) is 0 Å². The maximum atomic E-state index is 13.1. The zero-order valence-corrected chi connectivity index (χ0v) is 21.4. The predicted octanol–water partition coefficient (Wildman–Crippen LogP) is 3.42. The molecule has 1 heterocycles. The van der Waals surface area contributed by atoms with Gasteiger partial charge in [0.05, 0.1) is 18.0 Å². The Morgan fingerprint density at radius 2 is 1.73 bits per heavy atom. The van der Waals surface area contributed by atoms with Gasteiger partial charge in [0.1, 0.15) is 5.84 Å². The zero-order chi connectivity index (χ0) is 26.6. The molecule has 0 saturated carbocycles. The Labute approximate surface area is 216 Å². The van der Waals surface area contributed by atoms with Crippen LogP contribution in [0.2, 0.25) is 0 Å². The van der Waals surface area contributed by atoms with Crippen LogP contribution >= 0.6 is 0 Å². The molecule has 0 bridgehead atoms. The quantitative estimate of drug-likeness (QED) is 0.458. The lowest BCUT2D eigenvalue weighted by Crippen LogP contribution is -2.33. The fraction of sp³-hybridized carbons (Fsp3) is 0.222. The standard InChI is InChI=1S/C27H28N4O5S/c1-29(19-20-12-14-22(15-13-20)26-28-16-18-31(26)27(33)34)25(32)11-6-17-30(2)37(35,36)24-10-5-8-21-7-3-4-9-23(21)24/h3-15H,16-19H2,1-2H3,(H,33,34)/b11-6+. The molecule has 192 valence electrons. The number of carboxylic acid groups (broad SMARTS) is 1. The first-order chi connectivity index (χ1) is 17.7. The maximum Gasteiger partial charge on any atom is 0.413 e. The van der Waals surface area contributed by atoms with Crippen LogP contribution < -0.4 is 0 Å². The van der Waals surface area contributed by atoms with Crippen molar-refractivity contribution >= 4 is 38.6 Å². The number of hydrogen-bond donors (Lipinski definition) is 1. The van der Waals surface area contributed by atoms with E-state index in [1.165, 1.54) is 33.3 Å². The lowest BCUT2D eigenvalue weighted by molar-refractivity contribution is -0.125. The van der Waals surface area contributed by atoms with Crippen LogP contribution in [0.5, 0.6) is 0 Å². The van der Waals surface area contributed by atoms with Crippen molar-refractivity contribution in [2.24, 2.45) is 4.99 Å². The molecule has 3 aromatic carbocycles. The van der Waals surface area contributed by atoms with Crippen molar-refractivity contribution in [2.45, 2.75) is 11.4 Å². The van der Waals surface area contributed by atoms with Gasteiger partial charge in [-0.2, -0.15) is 4.31 Å². The predicted molar refractivity (Wildman–Crippen MR) is 142 cm³/mol. The highest BCUT2D eigenvalue weighted by molar-refractivity contribution is 7.89. The molecule has 1 N–H and O–H groups in total. The molecule has 0 aromatic heterocycles. The van der Waals surface area contributed by atoms with Gasteiger partial charge in [-0.05, 0) is 17.0 Å². The fourth-order valence-corrected chi connectivity index (χ4v) is 5.44. The van der Waals surface area contributed by atoms with Gasteiger partial charge in [0.15, 0.2) is 0 Å². The van der Waals surface area contributed by atoms with Crippen molar-refractivity contribution in [3.05, 3.63) is 90.0 Å². The number of amides is 2. The van der Waals surface area contributed by atoms with Crippen molar-refractivity contribution < 1.29 is 23.1 Å². The molecule has 0 spiro atoms. The lowest BCUT2D eigenvalue weighted by atomic mass is 10.1. The molecule has 3 aromatic rings. The number of sulfonamides is 1. The molecule has 0 fully saturated rings. The lowest BCUT2D eigenvalue weighted by Gasteiger charge is -2.18. The Kier molecular flexibility index (Phi) is 7.70. The van der Waals surface area contributed by atoms with Crippen LogP contribution in [0.15, 0.2) is 88.8 Å². The number of hydrogen-bond acceptors (Lipinski definition) is 5. The smallest absolute Gasteiger partial charge is 0.413 e. The average Bonchev–Trinajstić information content (AvgIpc) is 3.39. The first-order valence-electron chi connectivity index (χ1n) is 11.7. The highest BCUT2D eigenvalue weighted by Crippen LogP contribution is 2.25. The van der Waals surface area contributed by atoms with Gasteiger partial charge in [-0.1, -0.05) is 66.7 Å². The van der Waals surface area contributed by atoms with Crippen molar-refractivity contribution in [3.8, 4) is 0 Å². The fourth-order valence-electron chi connectivity index (χ4n) is 4.11. The van der Waals surface area contributed by atoms with Gasteiger partial charge >= 0.3 is 6.09 Å². The number of fused-ring (bicyclic) bond motifs is 1. The zero-order valence-electron chi connectivity index (χ0n) is 20.6. The van der Waals surface area contributed by atoms with Crippen LogP contribution in [0.4, 0.5) is 4.79 Å². The Morgan fingerprint density at radius 3 is 2.46 bits per heavy atom. The third kappa shape index (κ3) is 5.71. The highest BCUT2D eigenvalue weighted by Gasteiger charge is 2.24. The third-order valence-corrected chi connectivity index (χ3v) is 8.02. The minimum absolute atomic E-state index is 0.0437.